The number of ether oxygens (including phenoxy) is 1. The van der Waals surface area contributed by atoms with Gasteiger partial charge in [0.25, 0.3) is 0 Å². The molecule has 0 spiro atoms. The molecule has 2 aromatic rings. The maximum atomic E-state index is 11.1. The molecule has 7 heteroatoms. The quantitative estimate of drug-likeness (QED) is 0.680. The van der Waals surface area contributed by atoms with Crippen molar-refractivity contribution >= 4 is 11.6 Å². The average molecular weight is 274 g/mol. The molecule has 0 radical (unpaired) electrons. The normalized spacial score (nSPS) is 10.3. The van der Waals surface area contributed by atoms with Crippen LogP contribution in [-0.4, -0.2) is 22.0 Å². The summed E-state index contributed by atoms with van der Waals surface area (Å²) >= 11 is 0. The zero-order valence-electron chi connectivity index (χ0n) is 11.4. The Balaban J connectivity index is 2.80. The van der Waals surface area contributed by atoms with Crippen LogP contribution in [0, 0.1) is 24.0 Å². The molecule has 0 aliphatic carbocycles. The Hall–Kier alpha value is -2.70. The van der Waals surface area contributed by atoms with E-state index in [0.717, 1.165) is 17.3 Å². The molecular formula is C13H14N4O3. The van der Waals surface area contributed by atoms with E-state index in [1.165, 1.54) is 7.11 Å². The number of nitrogens with two attached hydrogens (primary N) is 1. The number of nitro groups is 1. The number of hydrogen-bond acceptors (Lipinski definition) is 6. The van der Waals surface area contributed by atoms with Gasteiger partial charge >= 0.3 is 5.69 Å². The summed E-state index contributed by atoms with van der Waals surface area (Å²) in [5.74, 6) is 0.497. The summed E-state index contributed by atoms with van der Waals surface area (Å²) in [7, 11) is 1.51. The minimum Gasteiger partial charge on any atom is -0.496 e. The Morgan fingerprint density at radius 2 is 2.05 bits per heavy atom. The monoisotopic (exact) mass is 274 g/mol. The Morgan fingerprint density at radius 3 is 2.65 bits per heavy atom. The van der Waals surface area contributed by atoms with E-state index < -0.39 is 4.92 Å². The molecule has 0 aliphatic rings. The topological polar surface area (TPSA) is 104 Å². The molecule has 1 heterocycles. The fourth-order valence-corrected chi connectivity index (χ4v) is 2.10. The predicted molar refractivity (Wildman–Crippen MR) is 74.6 cm³/mol. The standard InChI is InChI=1S/C13H14N4O3/c1-7-4-8(2)11(10(5-7)20-3)12-9(17(18)19)6-15-13(14)16-12/h4-6H,1-3H3,(H2,14,15,16). The van der Waals surface area contributed by atoms with Crippen LogP contribution in [0.2, 0.25) is 0 Å². The minimum atomic E-state index is -0.534. The van der Waals surface area contributed by atoms with Gasteiger partial charge in [-0.15, -0.1) is 0 Å². The van der Waals surface area contributed by atoms with E-state index in [2.05, 4.69) is 9.97 Å². The highest BCUT2D eigenvalue weighted by molar-refractivity contribution is 5.78. The number of anilines is 1. The van der Waals surface area contributed by atoms with Crippen molar-refractivity contribution in [2.45, 2.75) is 13.8 Å². The molecule has 0 aliphatic heterocycles. The summed E-state index contributed by atoms with van der Waals surface area (Å²) < 4.78 is 5.31. The summed E-state index contributed by atoms with van der Waals surface area (Å²) in [5.41, 5.74) is 7.88. The van der Waals surface area contributed by atoms with E-state index in [1.54, 1.807) is 6.07 Å². The second kappa shape index (κ2) is 5.12. The molecule has 0 fully saturated rings. The van der Waals surface area contributed by atoms with Gasteiger partial charge in [0.1, 0.15) is 11.9 Å². The SMILES string of the molecule is COc1cc(C)cc(C)c1-c1nc(N)ncc1[N+](=O)[O-]. The first-order chi connectivity index (χ1) is 9.43. The first kappa shape index (κ1) is 13.7. The number of benzene rings is 1. The second-order valence-electron chi connectivity index (χ2n) is 4.38. The van der Waals surface area contributed by atoms with Crippen molar-refractivity contribution in [2.24, 2.45) is 0 Å². The largest absolute Gasteiger partial charge is 0.496 e. The Morgan fingerprint density at radius 1 is 1.35 bits per heavy atom. The number of methoxy groups -OCH3 is 1. The van der Waals surface area contributed by atoms with Gasteiger partial charge in [0.05, 0.1) is 17.6 Å². The van der Waals surface area contributed by atoms with Gasteiger partial charge in [-0.05, 0) is 31.0 Å². The second-order valence-corrected chi connectivity index (χ2v) is 4.38. The third-order valence-electron chi connectivity index (χ3n) is 2.89. The van der Waals surface area contributed by atoms with Gasteiger partial charge in [-0.1, -0.05) is 6.07 Å². The zero-order valence-corrected chi connectivity index (χ0v) is 11.4. The van der Waals surface area contributed by atoms with Crippen molar-refractivity contribution in [1.82, 2.24) is 9.97 Å². The summed E-state index contributed by atoms with van der Waals surface area (Å²) in [6.45, 7) is 3.76. The lowest BCUT2D eigenvalue weighted by atomic mass is 10.0. The van der Waals surface area contributed by atoms with Crippen molar-refractivity contribution in [3.8, 4) is 17.0 Å². The number of rotatable bonds is 3. The van der Waals surface area contributed by atoms with Crippen molar-refractivity contribution in [1.29, 1.82) is 0 Å². The summed E-state index contributed by atoms with van der Waals surface area (Å²) in [4.78, 5) is 18.3. The van der Waals surface area contributed by atoms with Gasteiger partial charge in [-0.2, -0.15) is 0 Å². The lowest BCUT2D eigenvalue weighted by molar-refractivity contribution is -0.384. The Bertz CT molecular complexity index is 686. The number of aromatic nitrogens is 2. The molecule has 0 atom stereocenters. The Kier molecular flexibility index (Phi) is 3.51. The van der Waals surface area contributed by atoms with E-state index in [0.29, 0.717) is 11.3 Å². The van der Waals surface area contributed by atoms with Crippen LogP contribution in [0.1, 0.15) is 11.1 Å². The molecule has 20 heavy (non-hydrogen) atoms. The van der Waals surface area contributed by atoms with E-state index in [-0.39, 0.29) is 17.3 Å². The number of hydrogen-bond donors (Lipinski definition) is 1. The van der Waals surface area contributed by atoms with Crippen LogP contribution in [0.4, 0.5) is 11.6 Å². The molecule has 1 aromatic heterocycles. The van der Waals surface area contributed by atoms with Gasteiger partial charge in [-0.25, -0.2) is 9.97 Å². The van der Waals surface area contributed by atoms with E-state index >= 15 is 0 Å². The van der Waals surface area contributed by atoms with E-state index in [4.69, 9.17) is 10.5 Å². The van der Waals surface area contributed by atoms with Gasteiger partial charge in [0, 0.05) is 0 Å². The Labute approximate surface area is 115 Å². The third-order valence-corrected chi connectivity index (χ3v) is 2.89. The smallest absolute Gasteiger partial charge is 0.313 e. The van der Waals surface area contributed by atoms with Gasteiger partial charge in [0.2, 0.25) is 5.95 Å². The van der Waals surface area contributed by atoms with Crippen LogP contribution in [0.5, 0.6) is 5.75 Å². The van der Waals surface area contributed by atoms with Crippen molar-refractivity contribution in [3.63, 3.8) is 0 Å². The van der Waals surface area contributed by atoms with Crippen LogP contribution in [-0.2, 0) is 0 Å². The van der Waals surface area contributed by atoms with Gasteiger partial charge in [-0.3, -0.25) is 10.1 Å². The molecular weight excluding hydrogens is 260 g/mol. The minimum absolute atomic E-state index is 0.0207. The predicted octanol–water partition coefficient (Wildman–Crippen LogP) is 2.26. The number of aryl methyl sites for hydroxylation is 2. The molecule has 0 amide bonds. The summed E-state index contributed by atoms with van der Waals surface area (Å²) in [5, 5.41) is 11.1. The fraction of sp³-hybridized carbons (Fsp3) is 0.231. The molecule has 2 rings (SSSR count). The maximum Gasteiger partial charge on any atom is 0.313 e. The van der Waals surface area contributed by atoms with Crippen LogP contribution in [0.25, 0.3) is 11.3 Å². The lowest BCUT2D eigenvalue weighted by Gasteiger charge is -2.12. The van der Waals surface area contributed by atoms with Crippen LogP contribution < -0.4 is 10.5 Å². The van der Waals surface area contributed by atoms with Crippen LogP contribution in [0.3, 0.4) is 0 Å². The third kappa shape index (κ3) is 2.37. The van der Waals surface area contributed by atoms with Crippen molar-refractivity contribution in [3.05, 3.63) is 39.6 Å². The van der Waals surface area contributed by atoms with E-state index in [1.807, 2.05) is 19.9 Å². The highest BCUT2D eigenvalue weighted by atomic mass is 16.6. The molecule has 0 saturated heterocycles. The first-order valence-electron chi connectivity index (χ1n) is 5.86. The number of nitrogens with zero attached hydrogens (tertiary/aromatic N) is 3. The number of nitrogen functional groups attached to an aromatic ring is 1. The van der Waals surface area contributed by atoms with Crippen LogP contribution >= 0.6 is 0 Å². The highest BCUT2D eigenvalue weighted by Crippen LogP contribution is 2.37. The molecule has 7 nitrogen and oxygen atoms in total. The molecule has 0 saturated carbocycles. The van der Waals surface area contributed by atoms with Crippen molar-refractivity contribution in [2.75, 3.05) is 12.8 Å². The molecule has 2 N–H and O–H groups in total. The lowest BCUT2D eigenvalue weighted by Crippen LogP contribution is -2.03. The first-order valence-corrected chi connectivity index (χ1v) is 5.86. The van der Waals surface area contributed by atoms with Gasteiger partial charge < -0.3 is 10.5 Å². The van der Waals surface area contributed by atoms with Crippen LogP contribution in [0.15, 0.2) is 18.3 Å². The zero-order chi connectivity index (χ0) is 14.9. The highest BCUT2D eigenvalue weighted by Gasteiger charge is 2.23. The van der Waals surface area contributed by atoms with Gasteiger partial charge in [0.15, 0.2) is 5.69 Å². The molecule has 104 valence electrons. The maximum absolute atomic E-state index is 11.1. The molecule has 1 aromatic carbocycles. The summed E-state index contributed by atoms with van der Waals surface area (Å²) in [6.07, 6.45) is 1.11. The summed E-state index contributed by atoms with van der Waals surface area (Å²) in [6, 6.07) is 3.70. The van der Waals surface area contributed by atoms with Crippen molar-refractivity contribution < 1.29 is 9.66 Å². The average Bonchev–Trinajstić information content (AvgIpc) is 2.37. The fourth-order valence-electron chi connectivity index (χ4n) is 2.10. The molecule has 0 unspecified atom stereocenters. The molecule has 0 bridgehead atoms. The van der Waals surface area contributed by atoms with E-state index in [9.17, 15) is 10.1 Å².